The fourth-order valence-corrected chi connectivity index (χ4v) is 5.12. The Morgan fingerprint density at radius 2 is 1.88 bits per heavy atom. The molecule has 172 valence electrons. The number of benzene rings is 2. The van der Waals surface area contributed by atoms with Gasteiger partial charge < -0.3 is 13.9 Å². The van der Waals surface area contributed by atoms with Gasteiger partial charge in [-0.1, -0.05) is 36.0 Å². The van der Waals surface area contributed by atoms with Crippen molar-refractivity contribution in [3.63, 3.8) is 0 Å². The second-order valence-electron chi connectivity index (χ2n) is 7.40. The molecule has 7 nitrogen and oxygen atoms in total. The standard InChI is InChI=1S/C25H21N3O4S2/c1-30-20-10-9-16(12-21(20)31-2)13-28-24(29)18-6-3-4-7-19(18)27-25(28)34-15-17-14-32-23(26-17)22-8-5-11-33-22/h3-12,14H,13,15H2,1-2H3. The highest BCUT2D eigenvalue weighted by Crippen LogP contribution is 2.30. The number of thiophene rings is 1. The van der Waals surface area contributed by atoms with Gasteiger partial charge in [0, 0.05) is 5.75 Å². The highest BCUT2D eigenvalue weighted by molar-refractivity contribution is 7.98. The number of fused-ring (bicyclic) bond motifs is 1. The lowest BCUT2D eigenvalue weighted by molar-refractivity contribution is 0.354. The largest absolute Gasteiger partial charge is 0.493 e. The normalized spacial score (nSPS) is 11.1. The van der Waals surface area contributed by atoms with Crippen molar-refractivity contribution in [2.45, 2.75) is 17.5 Å². The number of ether oxygens (including phenoxy) is 2. The molecule has 0 saturated heterocycles. The van der Waals surface area contributed by atoms with Crippen molar-refractivity contribution in [3.05, 3.63) is 87.9 Å². The number of methoxy groups -OCH3 is 2. The highest BCUT2D eigenvalue weighted by atomic mass is 32.2. The summed E-state index contributed by atoms with van der Waals surface area (Å²) in [6.07, 6.45) is 1.65. The van der Waals surface area contributed by atoms with Crippen LogP contribution in [0.15, 0.2) is 80.6 Å². The molecule has 5 rings (SSSR count). The van der Waals surface area contributed by atoms with Crippen molar-refractivity contribution in [3.8, 4) is 22.3 Å². The van der Waals surface area contributed by atoms with Gasteiger partial charge in [-0.2, -0.15) is 0 Å². The maximum absolute atomic E-state index is 13.4. The molecular weight excluding hydrogens is 470 g/mol. The lowest BCUT2D eigenvalue weighted by atomic mass is 10.2. The minimum Gasteiger partial charge on any atom is -0.493 e. The summed E-state index contributed by atoms with van der Waals surface area (Å²) in [6, 6.07) is 16.9. The molecule has 0 N–H and O–H groups in total. The van der Waals surface area contributed by atoms with Gasteiger partial charge in [-0.05, 0) is 41.3 Å². The van der Waals surface area contributed by atoms with Crippen LogP contribution in [0.3, 0.4) is 0 Å². The summed E-state index contributed by atoms with van der Waals surface area (Å²) in [4.78, 5) is 23.8. The summed E-state index contributed by atoms with van der Waals surface area (Å²) in [5.74, 6) is 2.36. The number of oxazole rings is 1. The van der Waals surface area contributed by atoms with E-state index in [-0.39, 0.29) is 5.56 Å². The second kappa shape index (κ2) is 9.74. The van der Waals surface area contributed by atoms with E-state index in [0.29, 0.717) is 45.7 Å². The van der Waals surface area contributed by atoms with Crippen LogP contribution in [-0.2, 0) is 12.3 Å². The first-order chi connectivity index (χ1) is 16.7. The molecule has 0 aliphatic heterocycles. The minimum absolute atomic E-state index is 0.0951. The van der Waals surface area contributed by atoms with Crippen molar-refractivity contribution in [2.24, 2.45) is 0 Å². The van der Waals surface area contributed by atoms with Gasteiger partial charge in [-0.25, -0.2) is 9.97 Å². The monoisotopic (exact) mass is 491 g/mol. The van der Waals surface area contributed by atoms with Crippen molar-refractivity contribution < 1.29 is 13.9 Å². The van der Waals surface area contributed by atoms with Gasteiger partial charge >= 0.3 is 0 Å². The number of hydrogen-bond donors (Lipinski definition) is 0. The van der Waals surface area contributed by atoms with Gasteiger partial charge in [-0.3, -0.25) is 9.36 Å². The van der Waals surface area contributed by atoms with Crippen molar-refractivity contribution in [1.82, 2.24) is 14.5 Å². The van der Waals surface area contributed by atoms with Crippen LogP contribution in [0.1, 0.15) is 11.3 Å². The van der Waals surface area contributed by atoms with Crippen LogP contribution in [0.2, 0.25) is 0 Å². The fraction of sp³-hybridized carbons (Fsp3) is 0.160. The predicted molar refractivity (Wildman–Crippen MR) is 134 cm³/mol. The van der Waals surface area contributed by atoms with Crippen LogP contribution in [0.25, 0.3) is 21.7 Å². The summed E-state index contributed by atoms with van der Waals surface area (Å²) >= 11 is 3.03. The number of nitrogens with zero attached hydrogens (tertiary/aromatic N) is 3. The zero-order valence-corrected chi connectivity index (χ0v) is 20.2. The lowest BCUT2D eigenvalue weighted by Crippen LogP contribution is -2.24. The number of aromatic nitrogens is 3. The van der Waals surface area contributed by atoms with E-state index in [4.69, 9.17) is 18.9 Å². The molecule has 0 amide bonds. The molecule has 0 aliphatic carbocycles. The van der Waals surface area contributed by atoms with Crippen LogP contribution in [0, 0.1) is 0 Å². The lowest BCUT2D eigenvalue weighted by Gasteiger charge is -2.14. The Morgan fingerprint density at radius 1 is 1.03 bits per heavy atom. The van der Waals surface area contributed by atoms with Crippen molar-refractivity contribution in [2.75, 3.05) is 14.2 Å². The summed E-state index contributed by atoms with van der Waals surface area (Å²) < 4.78 is 18.1. The maximum Gasteiger partial charge on any atom is 0.262 e. The third-order valence-electron chi connectivity index (χ3n) is 5.25. The molecule has 0 aliphatic rings. The van der Waals surface area contributed by atoms with E-state index in [1.807, 2.05) is 53.9 Å². The highest BCUT2D eigenvalue weighted by Gasteiger charge is 2.15. The Balaban J connectivity index is 1.48. The average molecular weight is 492 g/mol. The molecule has 0 unspecified atom stereocenters. The molecule has 5 aromatic rings. The summed E-state index contributed by atoms with van der Waals surface area (Å²) in [6.45, 7) is 0.346. The number of thioether (sulfide) groups is 1. The van der Waals surface area contributed by atoms with E-state index in [0.717, 1.165) is 16.1 Å². The summed E-state index contributed by atoms with van der Waals surface area (Å²) in [5.41, 5.74) is 2.26. The fourth-order valence-electron chi connectivity index (χ4n) is 3.58. The molecule has 0 fully saturated rings. The topological polar surface area (TPSA) is 79.4 Å². The maximum atomic E-state index is 13.4. The molecule has 3 aromatic heterocycles. The van der Waals surface area contributed by atoms with Crippen molar-refractivity contribution in [1.29, 1.82) is 0 Å². The Labute approximate surface area is 204 Å². The third kappa shape index (κ3) is 4.44. The van der Waals surface area contributed by atoms with Crippen LogP contribution in [0.4, 0.5) is 0 Å². The van der Waals surface area contributed by atoms with Gasteiger partial charge in [0.05, 0.1) is 42.2 Å². The first kappa shape index (κ1) is 22.2. The molecule has 34 heavy (non-hydrogen) atoms. The molecular formula is C25H21N3O4S2. The van der Waals surface area contributed by atoms with Gasteiger partial charge in [0.15, 0.2) is 16.7 Å². The van der Waals surface area contributed by atoms with Crippen LogP contribution in [-0.4, -0.2) is 28.8 Å². The minimum atomic E-state index is -0.0951. The van der Waals surface area contributed by atoms with E-state index >= 15 is 0 Å². The first-order valence-electron chi connectivity index (χ1n) is 10.5. The van der Waals surface area contributed by atoms with E-state index < -0.39 is 0 Å². The molecule has 3 heterocycles. The van der Waals surface area contributed by atoms with Crippen LogP contribution < -0.4 is 15.0 Å². The number of rotatable bonds is 8. The SMILES string of the molecule is COc1ccc(Cn2c(SCc3coc(-c4cccs4)n3)nc3ccccc3c2=O)cc1OC. The zero-order valence-electron chi connectivity index (χ0n) is 18.6. The van der Waals surface area contributed by atoms with Gasteiger partial charge in [0.2, 0.25) is 5.89 Å². The van der Waals surface area contributed by atoms with E-state index in [9.17, 15) is 4.79 Å². The second-order valence-corrected chi connectivity index (χ2v) is 9.29. The van der Waals surface area contributed by atoms with Gasteiger partial charge in [0.25, 0.3) is 5.56 Å². The quantitative estimate of drug-likeness (QED) is 0.210. The molecule has 0 radical (unpaired) electrons. The summed E-state index contributed by atoms with van der Waals surface area (Å²) in [5, 5.41) is 3.17. The summed E-state index contributed by atoms with van der Waals surface area (Å²) in [7, 11) is 3.19. The van der Waals surface area contributed by atoms with E-state index in [1.165, 1.54) is 11.8 Å². The molecule has 0 atom stereocenters. The number of para-hydroxylation sites is 1. The van der Waals surface area contributed by atoms with Crippen LogP contribution in [0.5, 0.6) is 11.5 Å². The first-order valence-corrected chi connectivity index (χ1v) is 12.3. The van der Waals surface area contributed by atoms with E-state index in [1.54, 1.807) is 42.5 Å². The smallest absolute Gasteiger partial charge is 0.262 e. The molecule has 0 bridgehead atoms. The zero-order chi connectivity index (χ0) is 23.5. The third-order valence-corrected chi connectivity index (χ3v) is 7.12. The predicted octanol–water partition coefficient (Wildman–Crippen LogP) is 5.47. The van der Waals surface area contributed by atoms with E-state index in [2.05, 4.69) is 4.98 Å². The van der Waals surface area contributed by atoms with Gasteiger partial charge in [-0.15, -0.1) is 11.3 Å². The molecule has 2 aromatic carbocycles. The van der Waals surface area contributed by atoms with Gasteiger partial charge in [0.1, 0.15) is 6.26 Å². The molecule has 0 saturated carbocycles. The Bertz CT molecular complexity index is 1490. The molecule has 0 spiro atoms. The average Bonchev–Trinajstić information content (AvgIpc) is 3.57. The Morgan fingerprint density at radius 3 is 2.68 bits per heavy atom. The number of hydrogen-bond acceptors (Lipinski definition) is 8. The Hall–Kier alpha value is -3.56. The Kier molecular flexibility index (Phi) is 6.37. The van der Waals surface area contributed by atoms with Crippen molar-refractivity contribution >= 4 is 34.0 Å². The van der Waals surface area contributed by atoms with Crippen LogP contribution >= 0.6 is 23.1 Å². The molecule has 9 heteroatoms.